The summed E-state index contributed by atoms with van der Waals surface area (Å²) in [6.07, 6.45) is 3.62. The number of hydrogen-bond donors (Lipinski definition) is 0. The molecule has 1 aliphatic rings. The van der Waals surface area contributed by atoms with Crippen molar-refractivity contribution in [2.24, 2.45) is 0 Å². The molecule has 0 saturated carbocycles. The summed E-state index contributed by atoms with van der Waals surface area (Å²) in [5.74, 6) is 0.105. The molecule has 0 bridgehead atoms. The summed E-state index contributed by atoms with van der Waals surface area (Å²) in [4.78, 5) is 15.4. The highest BCUT2D eigenvalue weighted by Gasteiger charge is 2.26. The van der Waals surface area contributed by atoms with E-state index in [2.05, 4.69) is 12.1 Å². The topological polar surface area (TPSA) is 57.7 Å². The zero-order valence-corrected chi connectivity index (χ0v) is 20.3. The van der Waals surface area contributed by atoms with Crippen LogP contribution in [0, 0.1) is 0 Å². The van der Waals surface area contributed by atoms with E-state index >= 15 is 0 Å². The summed E-state index contributed by atoms with van der Waals surface area (Å²) in [5, 5.41) is 0. The third-order valence-corrected chi connectivity index (χ3v) is 8.25. The van der Waals surface area contributed by atoms with Gasteiger partial charge < -0.3 is 4.90 Å². The Morgan fingerprint density at radius 3 is 1.91 bits per heavy atom. The largest absolute Gasteiger partial charge is 0.338 e. The number of amides is 1. The van der Waals surface area contributed by atoms with Crippen molar-refractivity contribution in [2.75, 3.05) is 19.6 Å². The van der Waals surface area contributed by atoms with Crippen LogP contribution in [0.15, 0.2) is 89.8 Å². The molecule has 0 aliphatic carbocycles. The molecule has 34 heavy (non-hydrogen) atoms. The van der Waals surface area contributed by atoms with Gasteiger partial charge in [-0.15, -0.1) is 0 Å². The summed E-state index contributed by atoms with van der Waals surface area (Å²) in [6.45, 7) is 2.43. The highest BCUT2D eigenvalue weighted by atomic mass is 32.2. The van der Waals surface area contributed by atoms with E-state index in [1.165, 1.54) is 5.56 Å². The predicted molar refractivity (Wildman–Crippen MR) is 135 cm³/mol. The number of benzene rings is 3. The second-order valence-electron chi connectivity index (χ2n) is 8.79. The summed E-state index contributed by atoms with van der Waals surface area (Å²) in [6, 6.07) is 27.3. The number of carbonyl (C=O) groups is 1. The molecule has 178 valence electrons. The standard InChI is InChI=1S/C28H32N2O3S/c31-28(18-15-25-13-16-27(17-14-25)34(32,33)30-20-7-8-21-30)29(23-26-11-5-2-6-12-26)22-19-24-9-3-1-4-10-24/h1-6,9-14,16-17H,7-8,15,18-23H2. The van der Waals surface area contributed by atoms with Crippen LogP contribution in [0.4, 0.5) is 0 Å². The third-order valence-electron chi connectivity index (χ3n) is 6.34. The molecule has 6 heteroatoms. The zero-order chi connectivity index (χ0) is 23.8. The number of aryl methyl sites for hydroxylation is 1. The van der Waals surface area contributed by atoms with Gasteiger partial charge in [-0.3, -0.25) is 4.79 Å². The molecule has 3 aromatic rings. The van der Waals surface area contributed by atoms with Crippen LogP contribution < -0.4 is 0 Å². The number of carbonyl (C=O) groups excluding carboxylic acids is 1. The molecule has 0 atom stereocenters. The lowest BCUT2D eigenvalue weighted by atomic mass is 10.1. The van der Waals surface area contributed by atoms with Gasteiger partial charge in [-0.05, 0) is 54.5 Å². The van der Waals surface area contributed by atoms with E-state index in [4.69, 9.17) is 0 Å². The van der Waals surface area contributed by atoms with Gasteiger partial charge in [0.1, 0.15) is 0 Å². The zero-order valence-electron chi connectivity index (χ0n) is 19.5. The van der Waals surface area contributed by atoms with Crippen LogP contribution in [0.5, 0.6) is 0 Å². The molecule has 5 nitrogen and oxygen atoms in total. The van der Waals surface area contributed by atoms with Crippen LogP contribution >= 0.6 is 0 Å². The first-order chi connectivity index (χ1) is 16.5. The first kappa shape index (κ1) is 24.2. The average molecular weight is 477 g/mol. The monoisotopic (exact) mass is 476 g/mol. The second-order valence-corrected chi connectivity index (χ2v) is 10.7. The molecule has 1 amide bonds. The van der Waals surface area contributed by atoms with Gasteiger partial charge in [-0.1, -0.05) is 72.8 Å². The SMILES string of the molecule is O=C(CCc1ccc(S(=O)(=O)N2CCCC2)cc1)N(CCc1ccccc1)Cc1ccccc1. The molecule has 1 aliphatic heterocycles. The Morgan fingerprint density at radius 1 is 0.735 bits per heavy atom. The lowest BCUT2D eigenvalue weighted by molar-refractivity contribution is -0.131. The first-order valence-electron chi connectivity index (χ1n) is 12.0. The van der Waals surface area contributed by atoms with E-state index < -0.39 is 10.0 Å². The molecule has 3 aromatic carbocycles. The van der Waals surface area contributed by atoms with E-state index in [0.717, 1.165) is 30.4 Å². The van der Waals surface area contributed by atoms with Crippen LogP contribution in [-0.4, -0.2) is 43.2 Å². The third kappa shape index (κ3) is 6.33. The average Bonchev–Trinajstić information content (AvgIpc) is 3.43. The molecule has 1 saturated heterocycles. The van der Waals surface area contributed by atoms with E-state index in [9.17, 15) is 13.2 Å². The van der Waals surface area contributed by atoms with Gasteiger partial charge in [0.2, 0.25) is 15.9 Å². The Morgan fingerprint density at radius 2 is 1.29 bits per heavy atom. The van der Waals surface area contributed by atoms with E-state index in [1.54, 1.807) is 16.4 Å². The van der Waals surface area contributed by atoms with Crippen molar-refractivity contribution in [1.29, 1.82) is 0 Å². The van der Waals surface area contributed by atoms with Gasteiger partial charge in [0.25, 0.3) is 0 Å². The van der Waals surface area contributed by atoms with Gasteiger partial charge >= 0.3 is 0 Å². The number of hydrogen-bond acceptors (Lipinski definition) is 3. The van der Waals surface area contributed by atoms with Crippen LogP contribution in [0.3, 0.4) is 0 Å². The minimum absolute atomic E-state index is 0.105. The maximum Gasteiger partial charge on any atom is 0.243 e. The van der Waals surface area contributed by atoms with E-state index in [0.29, 0.717) is 43.9 Å². The van der Waals surface area contributed by atoms with Crippen molar-refractivity contribution in [2.45, 2.75) is 43.5 Å². The van der Waals surface area contributed by atoms with Crippen LogP contribution in [0.2, 0.25) is 0 Å². The Balaban J connectivity index is 1.38. The summed E-state index contributed by atoms with van der Waals surface area (Å²) < 4.78 is 27.0. The number of rotatable bonds is 10. The van der Waals surface area contributed by atoms with Crippen molar-refractivity contribution in [3.05, 3.63) is 102 Å². The fraction of sp³-hybridized carbons (Fsp3) is 0.321. The molecule has 1 heterocycles. The summed E-state index contributed by atoms with van der Waals surface area (Å²) >= 11 is 0. The maximum atomic E-state index is 13.2. The lowest BCUT2D eigenvalue weighted by Crippen LogP contribution is -2.32. The fourth-order valence-corrected chi connectivity index (χ4v) is 5.84. The maximum absolute atomic E-state index is 13.2. The minimum Gasteiger partial charge on any atom is -0.338 e. The van der Waals surface area contributed by atoms with Crippen molar-refractivity contribution in [3.63, 3.8) is 0 Å². The van der Waals surface area contributed by atoms with Gasteiger partial charge in [0, 0.05) is 32.6 Å². The molecule has 4 rings (SSSR count). The second kappa shape index (κ2) is 11.4. The quantitative estimate of drug-likeness (QED) is 0.427. The van der Waals surface area contributed by atoms with Crippen LogP contribution in [0.25, 0.3) is 0 Å². The number of nitrogens with zero attached hydrogens (tertiary/aromatic N) is 2. The van der Waals surface area contributed by atoms with Gasteiger partial charge in [-0.2, -0.15) is 4.31 Å². The predicted octanol–water partition coefficient (Wildman–Crippen LogP) is 4.68. The first-order valence-corrected chi connectivity index (χ1v) is 13.4. The Hall–Kier alpha value is -2.96. The van der Waals surface area contributed by atoms with Crippen LogP contribution in [0.1, 0.15) is 36.0 Å². The lowest BCUT2D eigenvalue weighted by Gasteiger charge is -2.23. The molecular weight excluding hydrogens is 444 g/mol. The summed E-state index contributed by atoms with van der Waals surface area (Å²) in [7, 11) is -3.41. The Labute approximate surface area is 203 Å². The molecule has 0 aromatic heterocycles. The normalized spacial score (nSPS) is 14.2. The van der Waals surface area contributed by atoms with Crippen molar-refractivity contribution in [3.8, 4) is 0 Å². The van der Waals surface area contributed by atoms with E-state index in [-0.39, 0.29) is 5.91 Å². The minimum atomic E-state index is -3.41. The smallest absolute Gasteiger partial charge is 0.243 e. The molecule has 0 radical (unpaired) electrons. The van der Waals surface area contributed by atoms with E-state index in [1.807, 2.05) is 65.6 Å². The Kier molecular flexibility index (Phi) is 8.14. The van der Waals surface area contributed by atoms with Crippen molar-refractivity contribution in [1.82, 2.24) is 9.21 Å². The van der Waals surface area contributed by atoms with Gasteiger partial charge in [-0.25, -0.2) is 8.42 Å². The highest BCUT2D eigenvalue weighted by molar-refractivity contribution is 7.89. The fourth-order valence-electron chi connectivity index (χ4n) is 4.32. The van der Waals surface area contributed by atoms with Crippen molar-refractivity contribution < 1.29 is 13.2 Å². The Bertz CT molecular complexity index is 1160. The highest BCUT2D eigenvalue weighted by Crippen LogP contribution is 2.21. The molecular formula is C28H32N2O3S. The van der Waals surface area contributed by atoms with Crippen LogP contribution in [-0.2, 0) is 34.2 Å². The van der Waals surface area contributed by atoms with Gasteiger partial charge in [0.15, 0.2) is 0 Å². The molecule has 0 N–H and O–H groups in total. The molecule has 0 spiro atoms. The molecule has 1 fully saturated rings. The van der Waals surface area contributed by atoms with Gasteiger partial charge in [0.05, 0.1) is 4.90 Å². The van der Waals surface area contributed by atoms with Crippen molar-refractivity contribution >= 4 is 15.9 Å². The molecule has 0 unspecified atom stereocenters. The number of sulfonamides is 1. The summed E-state index contributed by atoms with van der Waals surface area (Å²) in [5.41, 5.74) is 3.29.